The summed E-state index contributed by atoms with van der Waals surface area (Å²) in [6.45, 7) is 4.97. The molecule has 0 aliphatic rings. The van der Waals surface area contributed by atoms with Crippen LogP contribution in [0.1, 0.15) is 19.4 Å². The maximum absolute atomic E-state index is 6.31. The van der Waals surface area contributed by atoms with Gasteiger partial charge in [-0.05, 0) is 29.8 Å². The van der Waals surface area contributed by atoms with E-state index in [0.717, 1.165) is 27.1 Å². The normalized spacial score (nSPS) is 11.1. The van der Waals surface area contributed by atoms with E-state index in [-0.39, 0.29) is 0 Å². The molecule has 1 N–H and O–H groups in total. The highest BCUT2D eigenvalue weighted by molar-refractivity contribution is 7.99. The monoisotopic (exact) mass is 326 g/mol. The highest BCUT2D eigenvalue weighted by Gasteiger charge is 2.09. The fourth-order valence-corrected chi connectivity index (χ4v) is 2.98. The summed E-state index contributed by atoms with van der Waals surface area (Å²) in [7, 11) is 0. The van der Waals surface area contributed by atoms with E-state index in [2.05, 4.69) is 30.2 Å². The smallest absolute Gasteiger partial charge is 0.101 e. The summed E-state index contributed by atoms with van der Waals surface area (Å²) in [6, 6.07) is 10.1. The Labute approximate surface area is 133 Å². The minimum atomic E-state index is 0.415. The summed E-state index contributed by atoms with van der Waals surface area (Å²) in [5, 5.41) is 5.72. The molecule has 0 saturated carbocycles. The zero-order chi connectivity index (χ0) is 14.5. The third-order valence-corrected chi connectivity index (χ3v) is 4.31. The molecule has 0 aliphatic heterocycles. The van der Waals surface area contributed by atoms with Crippen LogP contribution in [0.15, 0.2) is 46.5 Å². The van der Waals surface area contributed by atoms with Gasteiger partial charge >= 0.3 is 0 Å². The van der Waals surface area contributed by atoms with Gasteiger partial charge in [0, 0.05) is 28.7 Å². The van der Waals surface area contributed by atoms with Crippen LogP contribution in [0.3, 0.4) is 0 Å². The van der Waals surface area contributed by atoms with Crippen molar-refractivity contribution in [1.29, 1.82) is 0 Å². The van der Waals surface area contributed by atoms with E-state index >= 15 is 0 Å². The number of pyridine rings is 1. The number of halogens is 2. The van der Waals surface area contributed by atoms with E-state index in [0.29, 0.717) is 11.1 Å². The quantitative estimate of drug-likeness (QED) is 0.833. The lowest BCUT2D eigenvalue weighted by Crippen LogP contribution is -2.22. The van der Waals surface area contributed by atoms with Crippen LogP contribution >= 0.6 is 35.0 Å². The van der Waals surface area contributed by atoms with Crippen molar-refractivity contribution in [3.8, 4) is 0 Å². The Kier molecular flexibility index (Phi) is 5.73. The predicted molar refractivity (Wildman–Crippen MR) is 86.8 cm³/mol. The molecule has 1 heterocycles. The maximum Gasteiger partial charge on any atom is 0.101 e. The van der Waals surface area contributed by atoms with Crippen molar-refractivity contribution >= 4 is 35.0 Å². The molecular weight excluding hydrogens is 311 g/mol. The van der Waals surface area contributed by atoms with Crippen LogP contribution in [0.5, 0.6) is 0 Å². The second-order valence-electron chi connectivity index (χ2n) is 4.67. The molecule has 2 nitrogen and oxygen atoms in total. The number of hydrogen-bond acceptors (Lipinski definition) is 3. The van der Waals surface area contributed by atoms with Crippen LogP contribution in [0.25, 0.3) is 0 Å². The van der Waals surface area contributed by atoms with Gasteiger partial charge in [0.1, 0.15) is 5.03 Å². The van der Waals surface area contributed by atoms with Gasteiger partial charge in [0.25, 0.3) is 0 Å². The molecule has 0 spiro atoms. The topological polar surface area (TPSA) is 24.9 Å². The van der Waals surface area contributed by atoms with Gasteiger partial charge in [-0.15, -0.1) is 0 Å². The summed E-state index contributed by atoms with van der Waals surface area (Å²) in [5.41, 5.74) is 1.10. The minimum Gasteiger partial charge on any atom is -0.310 e. The first-order valence-corrected chi connectivity index (χ1v) is 7.93. The number of benzene rings is 1. The molecule has 106 valence electrons. The van der Waals surface area contributed by atoms with E-state index in [1.165, 1.54) is 0 Å². The second-order valence-corrected chi connectivity index (χ2v) is 6.57. The van der Waals surface area contributed by atoms with Gasteiger partial charge in [0.15, 0.2) is 0 Å². The number of rotatable bonds is 5. The Balaban J connectivity index is 2.22. The average molecular weight is 327 g/mol. The van der Waals surface area contributed by atoms with Crippen LogP contribution in [0.4, 0.5) is 0 Å². The van der Waals surface area contributed by atoms with E-state index in [4.69, 9.17) is 23.2 Å². The first-order chi connectivity index (χ1) is 9.56. The lowest BCUT2D eigenvalue weighted by Gasteiger charge is -2.13. The molecule has 0 aliphatic carbocycles. The fourth-order valence-electron chi connectivity index (χ4n) is 1.65. The van der Waals surface area contributed by atoms with Crippen molar-refractivity contribution in [1.82, 2.24) is 10.3 Å². The van der Waals surface area contributed by atoms with E-state index < -0.39 is 0 Å². The molecule has 0 amide bonds. The molecule has 0 fully saturated rings. The third kappa shape index (κ3) is 4.38. The lowest BCUT2D eigenvalue weighted by atomic mass is 10.2. The third-order valence-electron chi connectivity index (χ3n) is 2.68. The Morgan fingerprint density at radius 1 is 1.20 bits per heavy atom. The van der Waals surface area contributed by atoms with Gasteiger partial charge in [-0.1, -0.05) is 54.9 Å². The zero-order valence-corrected chi connectivity index (χ0v) is 13.7. The number of aromatic nitrogens is 1. The minimum absolute atomic E-state index is 0.415. The number of hydrogen-bond donors (Lipinski definition) is 1. The molecule has 0 unspecified atom stereocenters. The van der Waals surface area contributed by atoms with Crippen molar-refractivity contribution in [3.05, 3.63) is 52.1 Å². The molecule has 0 bridgehead atoms. The van der Waals surface area contributed by atoms with Gasteiger partial charge in [-0.3, -0.25) is 0 Å². The largest absolute Gasteiger partial charge is 0.310 e. The van der Waals surface area contributed by atoms with Crippen molar-refractivity contribution < 1.29 is 0 Å². The van der Waals surface area contributed by atoms with Crippen molar-refractivity contribution in [3.63, 3.8) is 0 Å². The molecule has 20 heavy (non-hydrogen) atoms. The van der Waals surface area contributed by atoms with Gasteiger partial charge < -0.3 is 5.32 Å². The van der Waals surface area contributed by atoms with Crippen LogP contribution in [-0.2, 0) is 6.54 Å². The van der Waals surface area contributed by atoms with Crippen LogP contribution < -0.4 is 5.32 Å². The average Bonchev–Trinajstić information content (AvgIpc) is 2.40. The van der Waals surface area contributed by atoms with Gasteiger partial charge in [0.2, 0.25) is 0 Å². The Morgan fingerprint density at radius 3 is 2.65 bits per heavy atom. The predicted octanol–water partition coefficient (Wildman–Crippen LogP) is 5.04. The maximum atomic E-state index is 6.31. The molecule has 0 atom stereocenters. The van der Waals surface area contributed by atoms with Crippen molar-refractivity contribution in [2.75, 3.05) is 0 Å². The summed E-state index contributed by atoms with van der Waals surface area (Å²) in [5.74, 6) is 0. The van der Waals surface area contributed by atoms with Gasteiger partial charge in [0.05, 0.1) is 5.02 Å². The van der Waals surface area contributed by atoms with Crippen molar-refractivity contribution in [2.24, 2.45) is 0 Å². The standard InChI is InChI=1S/C15H16Cl2N2S/c1-10(2)18-9-12-13(17)4-3-5-14(12)20-15-7-6-11(16)8-19-15/h3-8,10,18H,9H2,1-2H3. The highest BCUT2D eigenvalue weighted by Crippen LogP contribution is 2.33. The van der Waals surface area contributed by atoms with Crippen LogP contribution in [0, 0.1) is 0 Å². The molecule has 2 aromatic rings. The summed E-state index contributed by atoms with van der Waals surface area (Å²) in [4.78, 5) is 5.42. The molecule has 0 radical (unpaired) electrons. The van der Waals surface area contributed by atoms with Crippen LogP contribution in [-0.4, -0.2) is 11.0 Å². The van der Waals surface area contributed by atoms with E-state index in [1.54, 1.807) is 18.0 Å². The Hall–Kier alpha value is -0.740. The second kappa shape index (κ2) is 7.32. The summed E-state index contributed by atoms with van der Waals surface area (Å²) >= 11 is 13.8. The molecular formula is C15H16Cl2N2S. The summed E-state index contributed by atoms with van der Waals surface area (Å²) < 4.78 is 0. The van der Waals surface area contributed by atoms with Gasteiger partial charge in [-0.2, -0.15) is 0 Å². The molecule has 1 aromatic heterocycles. The molecule has 1 aromatic carbocycles. The number of nitrogens with zero attached hydrogens (tertiary/aromatic N) is 1. The Morgan fingerprint density at radius 2 is 2.00 bits per heavy atom. The van der Waals surface area contributed by atoms with E-state index in [1.807, 2.05) is 24.3 Å². The van der Waals surface area contributed by atoms with Gasteiger partial charge in [-0.25, -0.2) is 4.98 Å². The highest BCUT2D eigenvalue weighted by atomic mass is 35.5. The molecule has 0 saturated heterocycles. The fraction of sp³-hybridized carbons (Fsp3) is 0.267. The van der Waals surface area contributed by atoms with Crippen LogP contribution in [0.2, 0.25) is 10.0 Å². The zero-order valence-electron chi connectivity index (χ0n) is 11.4. The Bertz CT molecular complexity index is 571. The SMILES string of the molecule is CC(C)NCc1c(Cl)cccc1Sc1ccc(Cl)cn1. The number of nitrogens with one attached hydrogen (secondary N) is 1. The summed E-state index contributed by atoms with van der Waals surface area (Å²) in [6.07, 6.45) is 1.65. The molecule has 2 rings (SSSR count). The first kappa shape index (κ1) is 15.6. The lowest BCUT2D eigenvalue weighted by molar-refractivity contribution is 0.585. The molecule has 5 heteroatoms. The van der Waals surface area contributed by atoms with E-state index in [9.17, 15) is 0 Å². The first-order valence-electron chi connectivity index (χ1n) is 6.36. The van der Waals surface area contributed by atoms with Crippen molar-refractivity contribution in [2.45, 2.75) is 36.4 Å².